The number of nitrogens with one attached hydrogen (secondary N) is 2. The molecule has 0 amide bonds. The number of thiocarbonyl (C=S) groups is 1. The summed E-state index contributed by atoms with van der Waals surface area (Å²) < 4.78 is 0. The van der Waals surface area contributed by atoms with E-state index >= 15 is 0 Å². The highest BCUT2D eigenvalue weighted by atomic mass is 32.1. The van der Waals surface area contributed by atoms with Crippen molar-refractivity contribution in [3.63, 3.8) is 0 Å². The van der Waals surface area contributed by atoms with Crippen molar-refractivity contribution in [3.8, 4) is 0 Å². The van der Waals surface area contributed by atoms with Crippen molar-refractivity contribution in [1.82, 2.24) is 10.4 Å². The maximum atomic E-state index is 5.11. The molecular formula is C10H15N3S. The van der Waals surface area contributed by atoms with Gasteiger partial charge in [-0.1, -0.05) is 18.2 Å². The minimum atomic E-state index is 0.601. The summed E-state index contributed by atoms with van der Waals surface area (Å²) in [6.07, 6.45) is 0. The van der Waals surface area contributed by atoms with Gasteiger partial charge >= 0.3 is 0 Å². The highest BCUT2D eigenvalue weighted by molar-refractivity contribution is 7.80. The molecule has 0 fully saturated rings. The quantitative estimate of drug-likeness (QED) is 0.573. The zero-order chi connectivity index (χ0) is 10.6. The average molecular weight is 209 g/mol. The van der Waals surface area contributed by atoms with E-state index in [-0.39, 0.29) is 0 Å². The summed E-state index contributed by atoms with van der Waals surface area (Å²) in [5, 5.41) is 5.52. The maximum Gasteiger partial charge on any atom is 0.185 e. The number of hydrazine groups is 1. The summed E-state index contributed by atoms with van der Waals surface area (Å²) in [6, 6.07) is 8.02. The lowest BCUT2D eigenvalue weighted by Crippen LogP contribution is -2.39. The first-order valence-electron chi connectivity index (χ1n) is 4.40. The van der Waals surface area contributed by atoms with E-state index in [1.165, 1.54) is 5.56 Å². The van der Waals surface area contributed by atoms with E-state index in [0.29, 0.717) is 5.11 Å². The van der Waals surface area contributed by atoms with Gasteiger partial charge in [-0.2, -0.15) is 0 Å². The fraction of sp³-hybridized carbons (Fsp3) is 0.300. The molecule has 0 aromatic heterocycles. The van der Waals surface area contributed by atoms with Crippen molar-refractivity contribution in [2.24, 2.45) is 0 Å². The van der Waals surface area contributed by atoms with Gasteiger partial charge < -0.3 is 5.32 Å². The van der Waals surface area contributed by atoms with Crippen molar-refractivity contribution < 1.29 is 0 Å². The number of para-hydroxylation sites is 1. The second-order valence-corrected chi connectivity index (χ2v) is 3.68. The number of hydrogen-bond acceptors (Lipinski definition) is 2. The van der Waals surface area contributed by atoms with Gasteiger partial charge in [-0.15, -0.1) is 0 Å². The van der Waals surface area contributed by atoms with Gasteiger partial charge in [0.05, 0.1) is 0 Å². The Bertz CT molecular complexity index is 323. The van der Waals surface area contributed by atoms with Crippen molar-refractivity contribution in [2.75, 3.05) is 19.4 Å². The molecule has 0 radical (unpaired) electrons. The Kier molecular flexibility index (Phi) is 3.85. The summed E-state index contributed by atoms with van der Waals surface area (Å²) in [5.74, 6) is 0. The molecule has 3 nitrogen and oxygen atoms in total. The SMILES string of the molecule is Cc1ccccc1NC(=S)NN(C)C. The van der Waals surface area contributed by atoms with Crippen LogP contribution in [0.1, 0.15) is 5.56 Å². The molecular weight excluding hydrogens is 194 g/mol. The molecule has 0 saturated carbocycles. The van der Waals surface area contributed by atoms with Crippen LogP contribution in [0.2, 0.25) is 0 Å². The molecule has 2 N–H and O–H groups in total. The van der Waals surface area contributed by atoms with Crippen LogP contribution in [-0.2, 0) is 0 Å². The van der Waals surface area contributed by atoms with Crippen LogP contribution in [0.25, 0.3) is 0 Å². The smallest absolute Gasteiger partial charge is 0.185 e. The Labute approximate surface area is 90.1 Å². The third-order valence-corrected chi connectivity index (χ3v) is 1.91. The Morgan fingerprint density at radius 2 is 1.93 bits per heavy atom. The lowest BCUT2D eigenvalue weighted by Gasteiger charge is -2.16. The Morgan fingerprint density at radius 1 is 1.29 bits per heavy atom. The standard InChI is InChI=1S/C10H15N3S/c1-8-6-4-5-7-9(8)11-10(14)12-13(2)3/h4-7H,1-3H3,(H2,11,12,14). The highest BCUT2D eigenvalue weighted by Crippen LogP contribution is 2.12. The number of anilines is 1. The first-order valence-corrected chi connectivity index (χ1v) is 4.81. The molecule has 0 aliphatic carbocycles. The predicted molar refractivity (Wildman–Crippen MR) is 64.2 cm³/mol. The van der Waals surface area contributed by atoms with E-state index < -0.39 is 0 Å². The number of aryl methyl sites for hydroxylation is 1. The lowest BCUT2D eigenvalue weighted by molar-refractivity contribution is 0.365. The van der Waals surface area contributed by atoms with Gasteiger partial charge in [0.15, 0.2) is 5.11 Å². The second kappa shape index (κ2) is 4.93. The number of rotatable bonds is 2. The normalized spacial score (nSPS) is 10.0. The van der Waals surface area contributed by atoms with Crippen LogP contribution >= 0.6 is 12.2 Å². The number of benzene rings is 1. The fourth-order valence-electron chi connectivity index (χ4n) is 1.07. The van der Waals surface area contributed by atoms with Gasteiger partial charge in [-0.25, -0.2) is 5.01 Å². The van der Waals surface area contributed by atoms with Gasteiger partial charge in [0, 0.05) is 19.8 Å². The fourth-order valence-corrected chi connectivity index (χ4v) is 1.36. The molecule has 1 aromatic carbocycles. The molecule has 0 unspecified atom stereocenters. The molecule has 1 rings (SSSR count). The zero-order valence-corrected chi connectivity index (χ0v) is 9.48. The molecule has 0 saturated heterocycles. The van der Waals surface area contributed by atoms with Crippen molar-refractivity contribution >= 4 is 23.0 Å². The van der Waals surface area contributed by atoms with Crippen LogP contribution in [0.3, 0.4) is 0 Å². The third-order valence-electron chi connectivity index (χ3n) is 1.72. The van der Waals surface area contributed by atoms with Gasteiger partial charge in [-0.3, -0.25) is 5.43 Å². The van der Waals surface area contributed by atoms with Crippen LogP contribution in [-0.4, -0.2) is 24.2 Å². The van der Waals surface area contributed by atoms with Crippen LogP contribution < -0.4 is 10.7 Å². The van der Waals surface area contributed by atoms with E-state index in [9.17, 15) is 0 Å². The van der Waals surface area contributed by atoms with Gasteiger partial charge in [0.2, 0.25) is 0 Å². The van der Waals surface area contributed by atoms with Crippen LogP contribution in [0, 0.1) is 6.92 Å². The first kappa shape index (κ1) is 10.9. The zero-order valence-electron chi connectivity index (χ0n) is 8.66. The molecule has 0 aliphatic heterocycles. The van der Waals surface area contributed by atoms with Crippen LogP contribution in [0.5, 0.6) is 0 Å². The minimum absolute atomic E-state index is 0.601. The van der Waals surface area contributed by atoms with Crippen LogP contribution in [0.4, 0.5) is 5.69 Å². The van der Waals surface area contributed by atoms with Gasteiger partial charge in [0.25, 0.3) is 0 Å². The Morgan fingerprint density at radius 3 is 2.50 bits per heavy atom. The van der Waals surface area contributed by atoms with Gasteiger partial charge in [0.1, 0.15) is 0 Å². The molecule has 0 aliphatic rings. The maximum absolute atomic E-state index is 5.11. The van der Waals surface area contributed by atoms with Crippen molar-refractivity contribution in [1.29, 1.82) is 0 Å². The monoisotopic (exact) mass is 209 g/mol. The van der Waals surface area contributed by atoms with Crippen molar-refractivity contribution in [2.45, 2.75) is 6.92 Å². The average Bonchev–Trinajstić information content (AvgIpc) is 2.07. The lowest BCUT2D eigenvalue weighted by atomic mass is 10.2. The Hall–Kier alpha value is -1.13. The van der Waals surface area contributed by atoms with E-state index in [0.717, 1.165) is 5.69 Å². The molecule has 0 spiro atoms. The molecule has 76 valence electrons. The summed E-state index contributed by atoms with van der Waals surface area (Å²) >= 11 is 5.11. The van der Waals surface area contributed by atoms with E-state index in [1.807, 2.05) is 45.3 Å². The molecule has 4 heteroatoms. The highest BCUT2D eigenvalue weighted by Gasteiger charge is 1.99. The van der Waals surface area contributed by atoms with Gasteiger partial charge in [-0.05, 0) is 30.8 Å². The molecule has 0 heterocycles. The summed E-state index contributed by atoms with van der Waals surface area (Å²) in [5.41, 5.74) is 5.18. The predicted octanol–water partition coefficient (Wildman–Crippen LogP) is 1.76. The van der Waals surface area contributed by atoms with E-state index in [4.69, 9.17) is 12.2 Å². The molecule has 0 bridgehead atoms. The number of nitrogens with zero attached hydrogens (tertiary/aromatic N) is 1. The van der Waals surface area contributed by atoms with E-state index in [2.05, 4.69) is 10.7 Å². The summed E-state index contributed by atoms with van der Waals surface area (Å²) in [7, 11) is 3.79. The largest absolute Gasteiger partial charge is 0.331 e. The van der Waals surface area contributed by atoms with Crippen molar-refractivity contribution in [3.05, 3.63) is 29.8 Å². The van der Waals surface area contributed by atoms with Crippen LogP contribution in [0.15, 0.2) is 24.3 Å². The summed E-state index contributed by atoms with van der Waals surface area (Å²) in [4.78, 5) is 0. The Balaban J connectivity index is 2.61. The molecule has 1 aromatic rings. The second-order valence-electron chi connectivity index (χ2n) is 3.28. The molecule has 14 heavy (non-hydrogen) atoms. The van der Waals surface area contributed by atoms with E-state index in [1.54, 1.807) is 5.01 Å². The number of hydrogen-bond donors (Lipinski definition) is 2. The first-order chi connectivity index (χ1) is 6.59. The minimum Gasteiger partial charge on any atom is -0.331 e. The molecule has 0 atom stereocenters. The third kappa shape index (κ3) is 3.32. The topological polar surface area (TPSA) is 27.3 Å². The summed E-state index contributed by atoms with van der Waals surface area (Å²) in [6.45, 7) is 2.04.